The Morgan fingerprint density at radius 2 is 1.83 bits per heavy atom. The van der Waals surface area contributed by atoms with Crippen LogP contribution in [0.1, 0.15) is 5.56 Å². The number of alkyl carbamates (subject to hydrolysis) is 1. The number of likely N-dealkylation sites (tertiary alicyclic amines) is 1. The van der Waals surface area contributed by atoms with Crippen molar-refractivity contribution in [2.45, 2.75) is 18.7 Å². The van der Waals surface area contributed by atoms with Gasteiger partial charge in [-0.1, -0.05) is 30.3 Å². The van der Waals surface area contributed by atoms with E-state index < -0.39 is 52.1 Å². The van der Waals surface area contributed by atoms with Crippen molar-refractivity contribution in [3.63, 3.8) is 0 Å². The van der Waals surface area contributed by atoms with E-state index in [9.17, 15) is 27.6 Å². The summed E-state index contributed by atoms with van der Waals surface area (Å²) < 4.78 is 37.3. The van der Waals surface area contributed by atoms with Crippen LogP contribution in [-0.2, 0) is 34.8 Å². The molecule has 12 nitrogen and oxygen atoms in total. The van der Waals surface area contributed by atoms with Gasteiger partial charge in [-0.2, -0.15) is 8.42 Å². The second kappa shape index (κ2) is 9.43. The van der Waals surface area contributed by atoms with Gasteiger partial charge in [0.1, 0.15) is 25.3 Å². The lowest BCUT2D eigenvalue weighted by atomic mass is 9.96. The maximum absolute atomic E-state index is 12.2. The van der Waals surface area contributed by atoms with Gasteiger partial charge in [0.05, 0.1) is 7.11 Å². The average molecular weight is 450 g/mol. The Balaban J connectivity index is 2.01. The molecule has 1 heterocycles. The van der Waals surface area contributed by atoms with Crippen molar-refractivity contribution in [3.8, 4) is 0 Å². The number of β-lactam (4-membered cyclic amide) rings is 1. The number of imide groups is 1. The Morgan fingerprint density at radius 1 is 1.17 bits per heavy atom. The summed E-state index contributed by atoms with van der Waals surface area (Å²) in [6, 6.07) is 4.79. The first-order valence-electron chi connectivity index (χ1n) is 7.89. The van der Waals surface area contributed by atoms with E-state index in [1.54, 1.807) is 30.3 Å². The zero-order valence-corrected chi connectivity index (χ0v) is 16.4. The predicted octanol–water partition coefficient (Wildman–Crippen LogP) is 0.468. The first-order valence-corrected chi connectivity index (χ1v) is 10.2. The fourth-order valence-corrected chi connectivity index (χ4v) is 2.89. The molecule has 2 unspecified atom stereocenters. The summed E-state index contributed by atoms with van der Waals surface area (Å²) >= 11 is 0. The van der Waals surface area contributed by atoms with Crippen LogP contribution in [0.4, 0.5) is 14.4 Å². The smallest absolute Gasteiger partial charge is 0.445 e. The molecule has 1 fully saturated rings. The number of urea groups is 1. The summed E-state index contributed by atoms with van der Waals surface area (Å²) in [4.78, 5) is 47.7. The predicted molar refractivity (Wildman–Crippen MR) is 95.8 cm³/mol. The highest BCUT2D eigenvalue weighted by Crippen LogP contribution is 2.22. The SMILES string of the molecule is COC(=O)OCC1C(NC(=O)OCc2ccccc2)C(=O)N1C(=O)NS(=O)(=O)Cl. The molecule has 0 saturated carbocycles. The summed E-state index contributed by atoms with van der Waals surface area (Å²) in [5, 5.41) is 2.23. The van der Waals surface area contributed by atoms with Gasteiger partial charge in [0, 0.05) is 10.7 Å². The van der Waals surface area contributed by atoms with E-state index in [0.717, 1.165) is 7.11 Å². The zero-order chi connectivity index (χ0) is 21.6. The van der Waals surface area contributed by atoms with Crippen LogP contribution in [0.25, 0.3) is 0 Å². The molecule has 0 aliphatic carbocycles. The van der Waals surface area contributed by atoms with Crippen LogP contribution in [0.15, 0.2) is 30.3 Å². The molecule has 29 heavy (non-hydrogen) atoms. The summed E-state index contributed by atoms with van der Waals surface area (Å²) in [5.74, 6) is -0.960. The fourth-order valence-electron chi connectivity index (χ4n) is 2.38. The highest BCUT2D eigenvalue weighted by Gasteiger charge is 2.53. The number of hydrogen-bond acceptors (Lipinski definition) is 9. The van der Waals surface area contributed by atoms with Gasteiger partial charge < -0.3 is 19.5 Å². The fraction of sp³-hybridized carbons (Fsp3) is 0.333. The quantitative estimate of drug-likeness (QED) is 0.357. The molecular formula is C15H16ClN3O9S. The summed E-state index contributed by atoms with van der Waals surface area (Å²) in [5.41, 5.74) is 0.696. The Morgan fingerprint density at radius 3 is 2.41 bits per heavy atom. The lowest BCUT2D eigenvalue weighted by Gasteiger charge is -2.44. The third-order valence-electron chi connectivity index (χ3n) is 3.67. The van der Waals surface area contributed by atoms with Crippen LogP contribution < -0.4 is 10.0 Å². The molecule has 158 valence electrons. The number of carbonyl (C=O) groups is 4. The molecule has 0 aromatic heterocycles. The molecule has 4 amide bonds. The first-order chi connectivity index (χ1) is 13.6. The minimum absolute atomic E-state index is 0.0778. The van der Waals surface area contributed by atoms with Crippen molar-refractivity contribution in [1.82, 2.24) is 14.9 Å². The van der Waals surface area contributed by atoms with Gasteiger partial charge in [-0.3, -0.25) is 9.69 Å². The van der Waals surface area contributed by atoms with Gasteiger partial charge in [-0.15, -0.1) is 0 Å². The molecule has 1 aliphatic heterocycles. The van der Waals surface area contributed by atoms with Crippen LogP contribution in [0.5, 0.6) is 0 Å². The highest BCUT2D eigenvalue weighted by molar-refractivity contribution is 8.12. The van der Waals surface area contributed by atoms with Gasteiger partial charge in [0.25, 0.3) is 5.91 Å². The van der Waals surface area contributed by atoms with Gasteiger partial charge in [-0.25, -0.2) is 19.1 Å². The Labute approximate surface area is 169 Å². The molecule has 2 N–H and O–H groups in total. The number of methoxy groups -OCH3 is 1. The molecule has 0 radical (unpaired) electrons. The third kappa shape index (κ3) is 6.22. The van der Waals surface area contributed by atoms with Crippen molar-refractivity contribution >= 4 is 44.1 Å². The lowest BCUT2D eigenvalue weighted by Crippen LogP contribution is -2.74. The highest BCUT2D eigenvalue weighted by atomic mass is 35.7. The number of amides is 4. The number of benzene rings is 1. The molecule has 0 bridgehead atoms. The summed E-state index contributed by atoms with van der Waals surface area (Å²) in [6.07, 6.45) is -2.08. The largest absolute Gasteiger partial charge is 0.508 e. The van der Waals surface area contributed by atoms with Crippen molar-refractivity contribution < 1.29 is 41.8 Å². The van der Waals surface area contributed by atoms with Crippen LogP contribution in [0.2, 0.25) is 0 Å². The van der Waals surface area contributed by atoms with E-state index in [1.807, 2.05) is 0 Å². The van der Waals surface area contributed by atoms with Gasteiger partial charge in [0.15, 0.2) is 0 Å². The Hall–Kier alpha value is -3.06. The van der Waals surface area contributed by atoms with E-state index in [1.165, 1.54) is 4.72 Å². The van der Waals surface area contributed by atoms with Crippen LogP contribution >= 0.6 is 10.7 Å². The second-order valence-electron chi connectivity index (χ2n) is 5.57. The molecule has 1 saturated heterocycles. The van der Waals surface area contributed by atoms with Gasteiger partial charge in [-0.05, 0) is 5.56 Å². The summed E-state index contributed by atoms with van der Waals surface area (Å²) in [6.45, 7) is -0.649. The van der Waals surface area contributed by atoms with Gasteiger partial charge >= 0.3 is 27.5 Å². The van der Waals surface area contributed by atoms with Crippen LogP contribution in [0.3, 0.4) is 0 Å². The number of halogens is 1. The molecule has 2 rings (SSSR count). The van der Waals surface area contributed by atoms with Crippen molar-refractivity contribution in [3.05, 3.63) is 35.9 Å². The van der Waals surface area contributed by atoms with Crippen LogP contribution in [-0.4, -0.2) is 63.3 Å². The summed E-state index contributed by atoms with van der Waals surface area (Å²) in [7, 11) is 1.49. The molecule has 1 aliphatic rings. The number of hydrogen-bond donors (Lipinski definition) is 2. The van der Waals surface area contributed by atoms with E-state index >= 15 is 0 Å². The van der Waals surface area contributed by atoms with Gasteiger partial charge in [0.2, 0.25) is 0 Å². The molecule has 1 aromatic rings. The molecular weight excluding hydrogens is 434 g/mol. The molecule has 14 heteroatoms. The Bertz CT molecular complexity index is 894. The van der Waals surface area contributed by atoms with E-state index in [4.69, 9.17) is 15.4 Å². The van der Waals surface area contributed by atoms with E-state index in [-0.39, 0.29) is 6.61 Å². The van der Waals surface area contributed by atoms with Crippen molar-refractivity contribution in [1.29, 1.82) is 0 Å². The van der Waals surface area contributed by atoms with E-state index in [0.29, 0.717) is 10.5 Å². The minimum atomic E-state index is -4.47. The monoisotopic (exact) mass is 449 g/mol. The second-order valence-corrected chi connectivity index (χ2v) is 7.87. The van der Waals surface area contributed by atoms with Crippen molar-refractivity contribution in [2.24, 2.45) is 0 Å². The number of ether oxygens (including phenoxy) is 3. The normalized spacial score (nSPS) is 18.3. The van der Waals surface area contributed by atoms with Crippen LogP contribution in [0, 0.1) is 0 Å². The Kier molecular flexibility index (Phi) is 7.23. The number of rotatable bonds is 6. The average Bonchev–Trinajstić information content (AvgIpc) is 2.66. The molecule has 0 spiro atoms. The maximum Gasteiger partial charge on any atom is 0.508 e. The maximum atomic E-state index is 12.2. The lowest BCUT2D eigenvalue weighted by molar-refractivity contribution is -0.147. The number of nitrogens with one attached hydrogen (secondary N) is 2. The topological polar surface area (TPSA) is 157 Å². The van der Waals surface area contributed by atoms with E-state index in [2.05, 4.69) is 14.8 Å². The minimum Gasteiger partial charge on any atom is -0.445 e. The third-order valence-corrected chi connectivity index (χ3v) is 4.32. The molecule has 2 atom stereocenters. The number of nitrogens with zero attached hydrogens (tertiary/aromatic N) is 1. The first kappa shape index (κ1) is 22.2. The zero-order valence-electron chi connectivity index (χ0n) is 14.9. The standard InChI is InChI=1S/C15H16ClN3O9S/c1-26-15(23)28-8-10-11(12(20)19(10)13(21)18-29(16,24)25)17-14(22)27-7-9-5-3-2-4-6-9/h2-6,10-11H,7-8H2,1H3,(H,17,22)(H,18,21). The van der Waals surface area contributed by atoms with Crippen molar-refractivity contribution in [2.75, 3.05) is 13.7 Å². The molecule has 1 aromatic carbocycles. The number of carbonyl (C=O) groups excluding carboxylic acids is 4.